The average molecular weight is 311 g/mol. The molecule has 1 N–H and O–H groups in total. The summed E-state index contributed by atoms with van der Waals surface area (Å²) in [7, 11) is 0. The van der Waals surface area contributed by atoms with Crippen LogP contribution in [0.2, 0.25) is 0 Å². The van der Waals surface area contributed by atoms with E-state index in [9.17, 15) is 4.39 Å². The van der Waals surface area contributed by atoms with Gasteiger partial charge in [-0.2, -0.15) is 5.10 Å². The molecule has 1 aliphatic rings. The van der Waals surface area contributed by atoms with Crippen molar-refractivity contribution in [1.82, 2.24) is 20.0 Å². The minimum Gasteiger partial charge on any atom is -0.314 e. The number of aromatic nitrogens is 2. The maximum atomic E-state index is 12.9. The van der Waals surface area contributed by atoms with Crippen molar-refractivity contribution in [2.24, 2.45) is 0 Å². The van der Waals surface area contributed by atoms with E-state index in [0.29, 0.717) is 6.04 Å². The van der Waals surface area contributed by atoms with Crippen LogP contribution in [0.25, 0.3) is 5.69 Å². The van der Waals surface area contributed by atoms with Gasteiger partial charge in [-0.1, -0.05) is 0 Å². The molecule has 0 saturated carbocycles. The zero-order valence-electron chi connectivity index (χ0n) is 12.0. The Kier molecular flexibility index (Phi) is 5.33. The fourth-order valence-corrected chi connectivity index (χ4v) is 2.51. The van der Waals surface area contributed by atoms with Gasteiger partial charge in [0.1, 0.15) is 5.82 Å². The maximum absolute atomic E-state index is 12.9. The number of hydrogen-bond donors (Lipinski definition) is 1. The standard InChI is InChI=1S/C15H19FN4.ClH/c1-12-10-17-7-9-19(12)11-14-6-8-20(18-14)15-4-2-13(16)3-5-15;/h2-6,8,12,17H,7,9-11H2,1H3;1H/t12-;/m0./s1. The second-order valence-corrected chi connectivity index (χ2v) is 5.25. The van der Waals surface area contributed by atoms with Gasteiger partial charge in [-0.3, -0.25) is 4.90 Å². The molecule has 0 radical (unpaired) electrons. The van der Waals surface area contributed by atoms with E-state index in [0.717, 1.165) is 37.6 Å². The molecule has 2 aromatic rings. The van der Waals surface area contributed by atoms with Crippen LogP contribution in [0.15, 0.2) is 36.5 Å². The van der Waals surface area contributed by atoms with Crippen LogP contribution in [0.1, 0.15) is 12.6 Å². The summed E-state index contributed by atoms with van der Waals surface area (Å²) in [4.78, 5) is 2.42. The van der Waals surface area contributed by atoms with Crippen LogP contribution in [0.5, 0.6) is 0 Å². The molecule has 0 aliphatic carbocycles. The van der Waals surface area contributed by atoms with Crippen LogP contribution in [-0.4, -0.2) is 40.4 Å². The van der Waals surface area contributed by atoms with E-state index >= 15 is 0 Å². The number of halogens is 2. The highest BCUT2D eigenvalue weighted by Gasteiger charge is 2.18. The Labute approximate surface area is 130 Å². The van der Waals surface area contributed by atoms with Crippen molar-refractivity contribution in [3.8, 4) is 5.69 Å². The molecule has 3 rings (SSSR count). The zero-order valence-corrected chi connectivity index (χ0v) is 12.8. The molecule has 114 valence electrons. The first-order valence-corrected chi connectivity index (χ1v) is 6.97. The first-order valence-electron chi connectivity index (χ1n) is 6.97. The van der Waals surface area contributed by atoms with Crippen molar-refractivity contribution in [1.29, 1.82) is 0 Å². The van der Waals surface area contributed by atoms with Crippen molar-refractivity contribution in [2.45, 2.75) is 19.5 Å². The summed E-state index contributed by atoms with van der Waals surface area (Å²) >= 11 is 0. The molecule has 2 heterocycles. The molecule has 1 saturated heterocycles. The smallest absolute Gasteiger partial charge is 0.123 e. The third kappa shape index (κ3) is 3.81. The van der Waals surface area contributed by atoms with E-state index < -0.39 is 0 Å². The van der Waals surface area contributed by atoms with Gasteiger partial charge in [-0.05, 0) is 37.3 Å². The first kappa shape index (κ1) is 15.9. The highest BCUT2D eigenvalue weighted by molar-refractivity contribution is 5.85. The summed E-state index contributed by atoms with van der Waals surface area (Å²) in [5.74, 6) is -0.226. The predicted molar refractivity (Wildman–Crippen MR) is 83.5 cm³/mol. The lowest BCUT2D eigenvalue weighted by molar-refractivity contribution is 0.163. The molecule has 1 aliphatic heterocycles. The highest BCUT2D eigenvalue weighted by atomic mass is 35.5. The van der Waals surface area contributed by atoms with E-state index in [4.69, 9.17) is 0 Å². The lowest BCUT2D eigenvalue weighted by Crippen LogP contribution is -2.49. The van der Waals surface area contributed by atoms with E-state index in [1.807, 2.05) is 12.3 Å². The van der Waals surface area contributed by atoms with Gasteiger partial charge in [0.15, 0.2) is 0 Å². The number of nitrogens with zero attached hydrogens (tertiary/aromatic N) is 3. The molecule has 4 nitrogen and oxygen atoms in total. The minimum atomic E-state index is -0.226. The van der Waals surface area contributed by atoms with Gasteiger partial charge >= 0.3 is 0 Å². The van der Waals surface area contributed by atoms with Crippen LogP contribution >= 0.6 is 12.4 Å². The Balaban J connectivity index is 0.00000161. The van der Waals surface area contributed by atoms with Gasteiger partial charge in [-0.25, -0.2) is 9.07 Å². The quantitative estimate of drug-likeness (QED) is 0.944. The Bertz CT molecular complexity index is 569. The molecule has 6 heteroatoms. The van der Waals surface area contributed by atoms with Gasteiger partial charge in [0.2, 0.25) is 0 Å². The van der Waals surface area contributed by atoms with Crippen LogP contribution in [-0.2, 0) is 6.54 Å². The van der Waals surface area contributed by atoms with Gasteiger partial charge < -0.3 is 5.32 Å². The zero-order chi connectivity index (χ0) is 13.9. The molecule has 1 fully saturated rings. The maximum Gasteiger partial charge on any atom is 0.123 e. The van der Waals surface area contributed by atoms with E-state index in [1.165, 1.54) is 12.1 Å². The third-order valence-electron chi connectivity index (χ3n) is 3.74. The predicted octanol–water partition coefficient (Wildman–Crippen LogP) is 2.23. The average Bonchev–Trinajstić information content (AvgIpc) is 2.91. The minimum absolute atomic E-state index is 0. The van der Waals surface area contributed by atoms with Crippen molar-refractivity contribution in [3.63, 3.8) is 0 Å². The number of rotatable bonds is 3. The molecule has 0 amide bonds. The van der Waals surface area contributed by atoms with Gasteiger partial charge in [0, 0.05) is 38.4 Å². The number of nitrogens with one attached hydrogen (secondary N) is 1. The second kappa shape index (κ2) is 7.02. The molecule has 21 heavy (non-hydrogen) atoms. The molecule has 0 bridgehead atoms. The third-order valence-corrected chi connectivity index (χ3v) is 3.74. The largest absolute Gasteiger partial charge is 0.314 e. The number of hydrogen-bond acceptors (Lipinski definition) is 3. The molecule has 1 aromatic carbocycles. The summed E-state index contributed by atoms with van der Waals surface area (Å²) < 4.78 is 14.7. The fourth-order valence-electron chi connectivity index (χ4n) is 2.51. The molecule has 1 aromatic heterocycles. The Morgan fingerprint density at radius 2 is 2.05 bits per heavy atom. The molecule has 0 unspecified atom stereocenters. The fraction of sp³-hybridized carbons (Fsp3) is 0.400. The van der Waals surface area contributed by atoms with Crippen LogP contribution in [0.3, 0.4) is 0 Å². The SMILES string of the molecule is C[C@H]1CNCCN1Cc1ccn(-c2ccc(F)cc2)n1.Cl. The lowest BCUT2D eigenvalue weighted by atomic mass is 10.2. The summed E-state index contributed by atoms with van der Waals surface area (Å²) in [6, 6.07) is 8.93. The summed E-state index contributed by atoms with van der Waals surface area (Å²) in [5, 5.41) is 7.95. The van der Waals surface area contributed by atoms with Crippen LogP contribution in [0.4, 0.5) is 4.39 Å². The summed E-state index contributed by atoms with van der Waals surface area (Å²) in [6.07, 6.45) is 1.93. The Morgan fingerprint density at radius 1 is 1.29 bits per heavy atom. The summed E-state index contributed by atoms with van der Waals surface area (Å²) in [6.45, 7) is 6.19. The van der Waals surface area contributed by atoms with Gasteiger partial charge in [0.05, 0.1) is 11.4 Å². The number of benzene rings is 1. The summed E-state index contributed by atoms with van der Waals surface area (Å²) in [5.41, 5.74) is 1.93. The van der Waals surface area contributed by atoms with E-state index in [2.05, 4.69) is 22.2 Å². The van der Waals surface area contributed by atoms with Crippen molar-refractivity contribution < 1.29 is 4.39 Å². The molecule has 0 spiro atoms. The molecule has 1 atom stereocenters. The highest BCUT2D eigenvalue weighted by Crippen LogP contribution is 2.12. The van der Waals surface area contributed by atoms with Crippen LogP contribution < -0.4 is 5.32 Å². The van der Waals surface area contributed by atoms with Crippen LogP contribution in [0, 0.1) is 5.82 Å². The van der Waals surface area contributed by atoms with Crippen molar-refractivity contribution >= 4 is 12.4 Å². The topological polar surface area (TPSA) is 33.1 Å². The molecular formula is C15H20ClFN4. The first-order chi connectivity index (χ1) is 9.72. The van der Waals surface area contributed by atoms with E-state index in [1.54, 1.807) is 16.8 Å². The second-order valence-electron chi connectivity index (χ2n) is 5.25. The van der Waals surface area contributed by atoms with E-state index in [-0.39, 0.29) is 18.2 Å². The Hall–Kier alpha value is -1.43. The van der Waals surface area contributed by atoms with Crippen molar-refractivity contribution in [2.75, 3.05) is 19.6 Å². The van der Waals surface area contributed by atoms with Crippen molar-refractivity contribution in [3.05, 3.63) is 48.0 Å². The van der Waals surface area contributed by atoms with Gasteiger partial charge in [-0.15, -0.1) is 12.4 Å². The van der Waals surface area contributed by atoms with Gasteiger partial charge in [0.25, 0.3) is 0 Å². The molecular weight excluding hydrogens is 291 g/mol. The number of piperazine rings is 1. The lowest BCUT2D eigenvalue weighted by Gasteiger charge is -2.33. The monoisotopic (exact) mass is 310 g/mol. The Morgan fingerprint density at radius 3 is 2.76 bits per heavy atom. The normalized spacial score (nSPS) is 19.2.